The van der Waals surface area contributed by atoms with Gasteiger partial charge in [0.05, 0.1) is 6.20 Å². The lowest BCUT2D eigenvalue weighted by molar-refractivity contribution is 1.29. The van der Waals surface area contributed by atoms with Crippen LogP contribution in [0.5, 0.6) is 0 Å². The quantitative estimate of drug-likeness (QED) is 0.587. The van der Waals surface area contributed by atoms with Gasteiger partial charge in [-0.25, -0.2) is 4.98 Å². The van der Waals surface area contributed by atoms with Gasteiger partial charge in [-0.1, -0.05) is 0 Å². The van der Waals surface area contributed by atoms with E-state index in [4.69, 9.17) is 11.6 Å². The largest absolute Gasteiger partial charge is 0.311 e. The van der Waals surface area contributed by atoms with Crippen LogP contribution in [0, 0.1) is 4.91 Å². The molecule has 0 aliphatic heterocycles. The highest BCUT2D eigenvalue weighted by Gasteiger charge is 1.92. The van der Waals surface area contributed by atoms with Gasteiger partial charge in [0.25, 0.3) is 0 Å². The molecule has 0 atom stereocenters. The summed E-state index contributed by atoms with van der Waals surface area (Å²) in [5.74, 6) is 0.148. The highest BCUT2D eigenvalue weighted by molar-refractivity contribution is 6.28. The fourth-order valence-electron chi connectivity index (χ4n) is 0.334. The molecular formula is C3H2ClN3O. The van der Waals surface area contributed by atoms with Crippen LogP contribution in [0.25, 0.3) is 0 Å². The van der Waals surface area contributed by atoms with Gasteiger partial charge in [-0.15, -0.1) is 4.91 Å². The van der Waals surface area contributed by atoms with E-state index in [-0.39, 0.29) is 11.1 Å². The molecule has 4 nitrogen and oxygen atoms in total. The maximum absolute atomic E-state index is 9.64. The fraction of sp³-hybridized carbons (Fsp3) is 0. The number of nitroso groups, excluding NO2 is 1. The maximum atomic E-state index is 9.64. The van der Waals surface area contributed by atoms with E-state index < -0.39 is 0 Å². The summed E-state index contributed by atoms with van der Waals surface area (Å²) in [4.78, 5) is 15.5. The minimum absolute atomic E-state index is 0.148. The second-order valence-electron chi connectivity index (χ2n) is 1.15. The first kappa shape index (κ1) is 5.24. The van der Waals surface area contributed by atoms with Crippen LogP contribution in [0.15, 0.2) is 11.4 Å². The Morgan fingerprint density at radius 1 is 1.88 bits per heavy atom. The molecule has 0 radical (unpaired) electrons. The Kier molecular flexibility index (Phi) is 1.26. The van der Waals surface area contributed by atoms with Crippen molar-refractivity contribution in [3.8, 4) is 0 Å². The third kappa shape index (κ3) is 0.840. The summed E-state index contributed by atoms with van der Waals surface area (Å²) in [5, 5.41) is 2.72. The van der Waals surface area contributed by atoms with Crippen LogP contribution >= 0.6 is 11.6 Å². The molecule has 0 saturated carbocycles. The summed E-state index contributed by atoms with van der Waals surface area (Å²) in [6, 6.07) is 0. The standard InChI is InChI=1S/C3H2ClN3O/c4-3-5-1-2(6-3)7-8/h1H,(H,5,6). The molecule has 1 N–H and O–H groups in total. The number of imidazole rings is 1. The number of aromatic nitrogens is 2. The number of halogens is 1. The van der Waals surface area contributed by atoms with Crippen molar-refractivity contribution in [3.05, 3.63) is 16.4 Å². The van der Waals surface area contributed by atoms with Crippen LogP contribution in [0.2, 0.25) is 5.28 Å². The van der Waals surface area contributed by atoms with Gasteiger partial charge < -0.3 is 4.98 Å². The predicted molar refractivity (Wildman–Crippen MR) is 29.1 cm³/mol. The number of rotatable bonds is 1. The minimum Gasteiger partial charge on any atom is -0.311 e. The van der Waals surface area contributed by atoms with E-state index in [0.29, 0.717) is 0 Å². The van der Waals surface area contributed by atoms with Gasteiger partial charge >= 0.3 is 0 Å². The summed E-state index contributed by atoms with van der Waals surface area (Å²) in [6.45, 7) is 0. The van der Waals surface area contributed by atoms with Crippen LogP contribution in [0.1, 0.15) is 0 Å². The smallest absolute Gasteiger partial charge is 0.201 e. The van der Waals surface area contributed by atoms with Gasteiger partial charge in [0.15, 0.2) is 5.82 Å². The fourth-order valence-corrected chi connectivity index (χ4v) is 0.480. The molecule has 0 aromatic carbocycles. The Morgan fingerprint density at radius 2 is 2.62 bits per heavy atom. The Balaban J connectivity index is 3.00. The minimum atomic E-state index is 0.148. The van der Waals surface area contributed by atoms with Crippen LogP contribution < -0.4 is 0 Å². The number of nitrogens with zero attached hydrogens (tertiary/aromatic N) is 2. The molecule has 42 valence electrons. The first-order valence-electron chi connectivity index (χ1n) is 1.87. The summed E-state index contributed by atoms with van der Waals surface area (Å²) in [5.41, 5.74) is 0. The summed E-state index contributed by atoms with van der Waals surface area (Å²) < 4.78 is 0. The normalized spacial score (nSPS) is 9.12. The molecule has 0 amide bonds. The van der Waals surface area contributed by atoms with Crippen molar-refractivity contribution in [1.82, 2.24) is 9.97 Å². The van der Waals surface area contributed by atoms with Crippen LogP contribution in [0.3, 0.4) is 0 Å². The van der Waals surface area contributed by atoms with Crippen LogP contribution in [-0.2, 0) is 0 Å². The molecule has 5 heteroatoms. The van der Waals surface area contributed by atoms with E-state index in [1.54, 1.807) is 0 Å². The van der Waals surface area contributed by atoms with Gasteiger partial charge in [0, 0.05) is 0 Å². The molecule has 1 aromatic heterocycles. The topological polar surface area (TPSA) is 58.1 Å². The third-order valence-electron chi connectivity index (χ3n) is 0.630. The molecule has 0 fully saturated rings. The second kappa shape index (κ2) is 1.92. The predicted octanol–water partition coefficient (Wildman–Crippen LogP) is 1.46. The number of hydrogen-bond acceptors (Lipinski definition) is 3. The van der Waals surface area contributed by atoms with Gasteiger partial charge in [0.2, 0.25) is 5.28 Å². The van der Waals surface area contributed by atoms with Crippen molar-refractivity contribution in [2.45, 2.75) is 0 Å². The van der Waals surface area contributed by atoms with Crippen molar-refractivity contribution in [3.63, 3.8) is 0 Å². The molecule has 0 spiro atoms. The zero-order valence-electron chi connectivity index (χ0n) is 3.76. The van der Waals surface area contributed by atoms with Crippen molar-refractivity contribution in [2.75, 3.05) is 0 Å². The Bertz CT molecular complexity index is 196. The molecule has 0 saturated heterocycles. The van der Waals surface area contributed by atoms with Gasteiger partial charge in [-0.3, -0.25) is 0 Å². The molecule has 1 aromatic rings. The van der Waals surface area contributed by atoms with Gasteiger partial charge in [-0.05, 0) is 16.8 Å². The molecule has 0 aliphatic rings. The molecule has 0 aliphatic carbocycles. The van der Waals surface area contributed by atoms with Crippen molar-refractivity contribution >= 4 is 17.4 Å². The van der Waals surface area contributed by atoms with E-state index >= 15 is 0 Å². The average molecular weight is 132 g/mol. The number of aromatic amines is 1. The van der Waals surface area contributed by atoms with Gasteiger partial charge in [-0.2, -0.15) is 0 Å². The second-order valence-corrected chi connectivity index (χ2v) is 1.51. The Labute approximate surface area is 49.9 Å². The van der Waals surface area contributed by atoms with Gasteiger partial charge in [0.1, 0.15) is 0 Å². The lowest BCUT2D eigenvalue weighted by Crippen LogP contribution is -1.58. The van der Waals surface area contributed by atoms with Crippen molar-refractivity contribution in [2.24, 2.45) is 5.18 Å². The molecule has 0 bridgehead atoms. The SMILES string of the molecule is O=Nc1cnc(Cl)[nH]1. The van der Waals surface area contributed by atoms with E-state index in [0.717, 1.165) is 0 Å². The number of hydrogen-bond donors (Lipinski definition) is 1. The zero-order valence-corrected chi connectivity index (χ0v) is 4.51. The number of H-pyrrole nitrogens is 1. The lowest BCUT2D eigenvalue weighted by atomic mass is 10.8. The average Bonchev–Trinajstić information content (AvgIpc) is 2.14. The highest BCUT2D eigenvalue weighted by Crippen LogP contribution is 2.09. The first-order valence-corrected chi connectivity index (χ1v) is 2.24. The summed E-state index contributed by atoms with van der Waals surface area (Å²) in [6.07, 6.45) is 1.26. The lowest BCUT2D eigenvalue weighted by Gasteiger charge is -1.70. The zero-order chi connectivity index (χ0) is 5.98. The monoisotopic (exact) mass is 131 g/mol. The van der Waals surface area contributed by atoms with E-state index in [1.165, 1.54) is 6.20 Å². The Morgan fingerprint density at radius 3 is 2.88 bits per heavy atom. The molecular weight excluding hydrogens is 130 g/mol. The molecule has 0 unspecified atom stereocenters. The van der Waals surface area contributed by atoms with Crippen LogP contribution in [-0.4, -0.2) is 9.97 Å². The number of nitrogens with one attached hydrogen (secondary N) is 1. The summed E-state index contributed by atoms with van der Waals surface area (Å²) in [7, 11) is 0. The van der Waals surface area contributed by atoms with E-state index in [2.05, 4.69) is 15.1 Å². The van der Waals surface area contributed by atoms with Crippen molar-refractivity contribution in [1.29, 1.82) is 0 Å². The summed E-state index contributed by atoms with van der Waals surface area (Å²) >= 11 is 5.27. The van der Waals surface area contributed by atoms with Crippen LogP contribution in [0.4, 0.5) is 5.82 Å². The molecule has 8 heavy (non-hydrogen) atoms. The molecule has 1 rings (SSSR count). The first-order chi connectivity index (χ1) is 3.83. The van der Waals surface area contributed by atoms with E-state index in [1.807, 2.05) is 0 Å². The molecule has 1 heterocycles. The third-order valence-corrected chi connectivity index (χ3v) is 0.822. The maximum Gasteiger partial charge on any atom is 0.201 e. The van der Waals surface area contributed by atoms with Crippen molar-refractivity contribution < 1.29 is 0 Å². The Hall–Kier alpha value is -0.900. The van der Waals surface area contributed by atoms with E-state index in [9.17, 15) is 4.91 Å². The highest BCUT2D eigenvalue weighted by atomic mass is 35.5.